The normalized spacial score (nSPS) is 11.6. The van der Waals surface area contributed by atoms with E-state index in [1.165, 1.54) is 32.6 Å². The maximum atomic E-state index is 12.1. The molecule has 0 saturated carbocycles. The molecular formula is C17H20N4O6. The van der Waals surface area contributed by atoms with Crippen molar-refractivity contribution in [1.82, 2.24) is 9.78 Å². The molecule has 2 rings (SSSR count). The molecule has 10 heteroatoms. The molecule has 1 aromatic carbocycles. The number of ether oxygens (including phenoxy) is 2. The summed E-state index contributed by atoms with van der Waals surface area (Å²) >= 11 is 0. The van der Waals surface area contributed by atoms with E-state index in [4.69, 9.17) is 9.47 Å². The smallest absolute Gasteiger partial charge is 0.328 e. The van der Waals surface area contributed by atoms with Gasteiger partial charge in [0.2, 0.25) is 0 Å². The fourth-order valence-electron chi connectivity index (χ4n) is 2.43. The van der Waals surface area contributed by atoms with Gasteiger partial charge in [0.1, 0.15) is 23.7 Å². The number of aromatic nitrogens is 2. The van der Waals surface area contributed by atoms with Crippen molar-refractivity contribution in [2.45, 2.75) is 33.4 Å². The second-order valence-corrected chi connectivity index (χ2v) is 5.78. The molecule has 0 radical (unpaired) electrons. The maximum Gasteiger partial charge on any atom is 0.328 e. The van der Waals surface area contributed by atoms with Crippen LogP contribution in [0.1, 0.15) is 18.3 Å². The minimum absolute atomic E-state index is 0.145. The van der Waals surface area contributed by atoms with Crippen molar-refractivity contribution in [2.24, 2.45) is 0 Å². The van der Waals surface area contributed by atoms with E-state index in [9.17, 15) is 19.7 Å². The van der Waals surface area contributed by atoms with Crippen molar-refractivity contribution < 1.29 is 24.0 Å². The molecule has 2 aromatic rings. The van der Waals surface area contributed by atoms with Gasteiger partial charge in [-0.05, 0) is 45.0 Å². The summed E-state index contributed by atoms with van der Waals surface area (Å²) in [6, 6.07) is 6.67. The number of aryl methyl sites for hydroxylation is 1. The molecule has 1 N–H and O–H groups in total. The zero-order valence-corrected chi connectivity index (χ0v) is 15.4. The van der Waals surface area contributed by atoms with Gasteiger partial charge in [-0.25, -0.2) is 0 Å². The molecule has 0 spiro atoms. The number of amides is 1. The Bertz CT molecular complexity index is 859. The highest BCUT2D eigenvalue weighted by Crippen LogP contribution is 2.21. The van der Waals surface area contributed by atoms with Crippen LogP contribution in [-0.2, 0) is 20.9 Å². The van der Waals surface area contributed by atoms with Gasteiger partial charge in [-0.15, -0.1) is 0 Å². The van der Waals surface area contributed by atoms with Crippen molar-refractivity contribution in [3.8, 4) is 5.75 Å². The highest BCUT2D eigenvalue weighted by molar-refractivity contribution is 5.95. The van der Waals surface area contributed by atoms with Crippen LogP contribution in [0.2, 0.25) is 0 Å². The molecule has 0 fully saturated rings. The Morgan fingerprint density at radius 2 is 1.93 bits per heavy atom. The van der Waals surface area contributed by atoms with Crippen molar-refractivity contribution in [1.29, 1.82) is 0 Å². The van der Waals surface area contributed by atoms with Crippen LogP contribution in [0.15, 0.2) is 24.3 Å². The van der Waals surface area contributed by atoms with Crippen LogP contribution in [0.3, 0.4) is 0 Å². The number of rotatable bonds is 7. The molecule has 1 heterocycles. The van der Waals surface area contributed by atoms with Crippen molar-refractivity contribution in [3.63, 3.8) is 0 Å². The lowest BCUT2D eigenvalue weighted by molar-refractivity contribution is -0.386. The van der Waals surface area contributed by atoms with Crippen LogP contribution >= 0.6 is 0 Å². The second kappa shape index (κ2) is 8.30. The van der Waals surface area contributed by atoms with E-state index >= 15 is 0 Å². The number of nitrogens with zero attached hydrogens (tertiary/aromatic N) is 3. The molecule has 0 saturated heterocycles. The van der Waals surface area contributed by atoms with E-state index in [1.807, 2.05) is 0 Å². The first kappa shape index (κ1) is 19.9. The van der Waals surface area contributed by atoms with E-state index in [0.717, 1.165) is 0 Å². The number of nitro groups is 1. The first-order valence-electron chi connectivity index (χ1n) is 8.05. The van der Waals surface area contributed by atoms with Gasteiger partial charge in [0.15, 0.2) is 6.10 Å². The lowest BCUT2D eigenvalue weighted by atomic mass is 10.3. The summed E-state index contributed by atoms with van der Waals surface area (Å²) in [5, 5.41) is 17.6. The zero-order valence-electron chi connectivity index (χ0n) is 15.4. The second-order valence-electron chi connectivity index (χ2n) is 5.78. The van der Waals surface area contributed by atoms with Gasteiger partial charge in [-0.2, -0.15) is 5.10 Å². The van der Waals surface area contributed by atoms with Crippen LogP contribution < -0.4 is 10.1 Å². The summed E-state index contributed by atoms with van der Waals surface area (Å²) < 4.78 is 11.3. The number of benzene rings is 1. The first-order valence-corrected chi connectivity index (χ1v) is 8.05. The van der Waals surface area contributed by atoms with Gasteiger partial charge in [0, 0.05) is 5.69 Å². The molecular weight excluding hydrogens is 356 g/mol. The largest absolute Gasteiger partial charge is 0.497 e. The predicted octanol–water partition coefficient (Wildman–Crippen LogP) is 1.99. The number of anilines is 1. The standard InChI is InChI=1S/C17H20N4O6/c1-10-16(21(24)25)11(2)20(19-10)9-15(22)27-12(3)17(23)18-13-5-7-14(26-4)8-6-13/h5-8,12H,9H2,1-4H3,(H,18,23)/t12-/m1/s1. The number of methoxy groups -OCH3 is 1. The highest BCUT2D eigenvalue weighted by Gasteiger charge is 2.24. The first-order chi connectivity index (χ1) is 12.7. The number of esters is 1. The van der Waals surface area contributed by atoms with Gasteiger partial charge in [-0.1, -0.05) is 0 Å². The monoisotopic (exact) mass is 376 g/mol. The third-order valence-electron chi connectivity index (χ3n) is 3.84. The third kappa shape index (κ3) is 4.81. The Balaban J connectivity index is 1.95. The van der Waals surface area contributed by atoms with Gasteiger partial charge in [0.25, 0.3) is 5.91 Å². The van der Waals surface area contributed by atoms with Gasteiger partial charge >= 0.3 is 11.7 Å². The summed E-state index contributed by atoms with van der Waals surface area (Å²) in [6.07, 6.45) is -1.05. The third-order valence-corrected chi connectivity index (χ3v) is 3.84. The number of nitrogens with one attached hydrogen (secondary N) is 1. The molecule has 27 heavy (non-hydrogen) atoms. The van der Waals surface area contributed by atoms with Gasteiger partial charge < -0.3 is 14.8 Å². The SMILES string of the molecule is COc1ccc(NC(=O)[C@@H](C)OC(=O)Cn2nc(C)c([N+](=O)[O-])c2C)cc1. The molecule has 0 unspecified atom stereocenters. The summed E-state index contributed by atoms with van der Waals surface area (Å²) in [5.41, 5.74) is 0.825. The van der Waals surface area contributed by atoms with E-state index < -0.39 is 22.9 Å². The minimum atomic E-state index is -1.05. The zero-order chi connectivity index (χ0) is 20.1. The summed E-state index contributed by atoms with van der Waals surface area (Å²) in [5.74, 6) is -0.591. The van der Waals surface area contributed by atoms with Gasteiger partial charge in [-0.3, -0.25) is 24.4 Å². The average molecular weight is 376 g/mol. The van der Waals surface area contributed by atoms with Crippen LogP contribution in [0.5, 0.6) is 5.75 Å². The van der Waals surface area contributed by atoms with E-state index in [2.05, 4.69) is 10.4 Å². The molecule has 1 aromatic heterocycles. The molecule has 1 atom stereocenters. The lowest BCUT2D eigenvalue weighted by Gasteiger charge is -2.14. The predicted molar refractivity (Wildman–Crippen MR) is 95.5 cm³/mol. The van der Waals surface area contributed by atoms with Crippen LogP contribution in [0.25, 0.3) is 0 Å². The Morgan fingerprint density at radius 3 is 2.44 bits per heavy atom. The molecule has 0 bridgehead atoms. The number of hydrogen-bond acceptors (Lipinski definition) is 7. The summed E-state index contributed by atoms with van der Waals surface area (Å²) in [6.45, 7) is 4.07. The fourth-order valence-corrected chi connectivity index (χ4v) is 2.43. The molecule has 1 amide bonds. The Hall–Kier alpha value is -3.43. The van der Waals surface area contributed by atoms with E-state index in [1.54, 1.807) is 24.3 Å². The molecule has 144 valence electrons. The quantitative estimate of drug-likeness (QED) is 0.445. The van der Waals surface area contributed by atoms with E-state index in [0.29, 0.717) is 11.4 Å². The average Bonchev–Trinajstić information content (AvgIpc) is 2.88. The van der Waals surface area contributed by atoms with Crippen LogP contribution in [-0.4, -0.2) is 39.8 Å². The minimum Gasteiger partial charge on any atom is -0.497 e. The van der Waals surface area contributed by atoms with E-state index in [-0.39, 0.29) is 23.6 Å². The van der Waals surface area contributed by atoms with Crippen LogP contribution in [0.4, 0.5) is 11.4 Å². The summed E-state index contributed by atoms with van der Waals surface area (Å²) in [4.78, 5) is 34.6. The molecule has 10 nitrogen and oxygen atoms in total. The number of carbonyl (C=O) groups excluding carboxylic acids is 2. The Morgan fingerprint density at radius 1 is 1.30 bits per heavy atom. The molecule has 0 aliphatic carbocycles. The topological polar surface area (TPSA) is 126 Å². The molecule has 0 aliphatic rings. The van der Waals surface area contributed by atoms with Crippen molar-refractivity contribution in [3.05, 3.63) is 45.8 Å². The molecule has 0 aliphatic heterocycles. The lowest BCUT2D eigenvalue weighted by Crippen LogP contribution is -2.31. The Labute approximate surface area is 155 Å². The maximum absolute atomic E-state index is 12.1. The number of hydrogen-bond donors (Lipinski definition) is 1. The van der Waals surface area contributed by atoms with Crippen molar-refractivity contribution in [2.75, 3.05) is 12.4 Å². The summed E-state index contributed by atoms with van der Waals surface area (Å²) in [7, 11) is 1.53. The van der Waals surface area contributed by atoms with Gasteiger partial charge in [0.05, 0.1) is 12.0 Å². The number of carbonyl (C=O) groups is 2. The van der Waals surface area contributed by atoms with Crippen LogP contribution in [0, 0.1) is 24.0 Å². The van der Waals surface area contributed by atoms with Crippen molar-refractivity contribution >= 4 is 23.3 Å². The highest BCUT2D eigenvalue weighted by atomic mass is 16.6. The Kier molecular flexibility index (Phi) is 6.11. The fraction of sp³-hybridized carbons (Fsp3) is 0.353.